The molecule has 0 aliphatic rings. The van der Waals surface area contributed by atoms with E-state index in [2.05, 4.69) is 118 Å². The van der Waals surface area contributed by atoms with Crippen LogP contribution in [0, 0.1) is 22.7 Å². The second-order valence-electron chi connectivity index (χ2n) is 10.8. The molecular weight excluding hydrogens is 545 g/mol. The second kappa shape index (κ2) is 8.81. The van der Waals surface area contributed by atoms with Crippen molar-refractivity contribution in [2.24, 2.45) is 0 Å². The molecule has 0 unspecified atom stereocenters. The minimum Gasteiger partial charge on any atom is -0.309 e. The Morgan fingerprint density at radius 3 is 1.86 bits per heavy atom. The van der Waals surface area contributed by atoms with Crippen molar-refractivity contribution in [2.75, 3.05) is 0 Å². The smallest absolute Gasteiger partial charge is 0.101 e. The SMILES string of the molecule is N#Cc1ccc2c3ccccc3n(-c3ccc4c(c3)c3ccccc3n4-c3ccc4sc5c(C#N)cccc5c4c3)c2c1. The summed E-state index contributed by atoms with van der Waals surface area (Å²) >= 11 is 1.68. The molecule has 0 bridgehead atoms. The first-order valence-electron chi connectivity index (χ1n) is 14.1. The van der Waals surface area contributed by atoms with Crippen LogP contribution in [0.1, 0.15) is 11.1 Å². The van der Waals surface area contributed by atoms with Gasteiger partial charge in [0.25, 0.3) is 0 Å². The summed E-state index contributed by atoms with van der Waals surface area (Å²) in [6.07, 6.45) is 0. The molecule has 0 spiro atoms. The standard InChI is InChI=1S/C38H20N4S/c39-21-23-12-15-29-27-7-1-3-10-33(27)42(36(29)18-23)25-13-16-35-31(19-25)28-8-2-4-11-34(28)41(35)26-14-17-37-32(20-26)30-9-5-6-24(22-40)38(30)43-37/h1-20H. The Kier molecular flexibility index (Phi) is 4.87. The number of benzene rings is 6. The number of hydrogen-bond acceptors (Lipinski definition) is 3. The molecule has 9 rings (SSSR count). The van der Waals surface area contributed by atoms with E-state index in [1.54, 1.807) is 11.3 Å². The van der Waals surface area contributed by atoms with E-state index in [9.17, 15) is 10.5 Å². The van der Waals surface area contributed by atoms with Gasteiger partial charge < -0.3 is 9.13 Å². The first kappa shape index (κ1) is 23.8. The zero-order valence-electron chi connectivity index (χ0n) is 22.7. The van der Waals surface area contributed by atoms with Gasteiger partial charge in [0.15, 0.2) is 0 Å². The summed E-state index contributed by atoms with van der Waals surface area (Å²) in [6, 6.07) is 46.8. The predicted molar refractivity (Wildman–Crippen MR) is 177 cm³/mol. The molecule has 0 aliphatic heterocycles. The average molecular weight is 565 g/mol. The number of fused-ring (bicyclic) bond motifs is 9. The van der Waals surface area contributed by atoms with Crippen LogP contribution in [0.2, 0.25) is 0 Å². The summed E-state index contributed by atoms with van der Waals surface area (Å²) in [4.78, 5) is 0. The highest BCUT2D eigenvalue weighted by molar-refractivity contribution is 7.26. The molecule has 0 saturated carbocycles. The highest BCUT2D eigenvalue weighted by atomic mass is 32.1. The summed E-state index contributed by atoms with van der Waals surface area (Å²) in [6.45, 7) is 0. The van der Waals surface area contributed by atoms with Gasteiger partial charge in [0, 0.05) is 48.4 Å². The van der Waals surface area contributed by atoms with Gasteiger partial charge in [-0.15, -0.1) is 11.3 Å². The Morgan fingerprint density at radius 1 is 0.465 bits per heavy atom. The van der Waals surface area contributed by atoms with E-state index in [1.807, 2.05) is 24.3 Å². The Balaban J connectivity index is 1.33. The van der Waals surface area contributed by atoms with Gasteiger partial charge in [-0.25, -0.2) is 0 Å². The molecule has 0 saturated heterocycles. The number of hydrogen-bond donors (Lipinski definition) is 0. The lowest BCUT2D eigenvalue weighted by Crippen LogP contribution is -1.96. The van der Waals surface area contributed by atoms with Crippen LogP contribution < -0.4 is 0 Å². The average Bonchev–Trinajstić information content (AvgIpc) is 3.71. The fourth-order valence-electron chi connectivity index (χ4n) is 6.71. The zero-order valence-corrected chi connectivity index (χ0v) is 23.6. The van der Waals surface area contributed by atoms with E-state index in [0.29, 0.717) is 5.56 Å². The first-order valence-corrected chi connectivity index (χ1v) is 14.9. The Bertz CT molecular complexity index is 2710. The minimum atomic E-state index is 0.646. The van der Waals surface area contributed by atoms with Crippen molar-refractivity contribution in [2.45, 2.75) is 0 Å². The number of para-hydroxylation sites is 2. The summed E-state index contributed by atoms with van der Waals surface area (Å²) in [5, 5.41) is 26.3. The maximum absolute atomic E-state index is 9.67. The maximum Gasteiger partial charge on any atom is 0.101 e. The van der Waals surface area contributed by atoms with Crippen LogP contribution in [-0.4, -0.2) is 9.13 Å². The third kappa shape index (κ3) is 3.29. The van der Waals surface area contributed by atoms with Gasteiger partial charge in [0.05, 0.1) is 44.0 Å². The summed E-state index contributed by atoms with van der Waals surface area (Å²) < 4.78 is 6.82. The van der Waals surface area contributed by atoms with Crippen molar-refractivity contribution < 1.29 is 0 Å². The lowest BCUT2D eigenvalue weighted by atomic mass is 10.1. The Morgan fingerprint density at radius 2 is 1.09 bits per heavy atom. The van der Waals surface area contributed by atoms with Gasteiger partial charge in [-0.05, 0) is 66.7 Å². The third-order valence-corrected chi connectivity index (χ3v) is 9.80. The highest BCUT2D eigenvalue weighted by Gasteiger charge is 2.17. The molecule has 198 valence electrons. The number of thiophene rings is 1. The number of rotatable bonds is 2. The maximum atomic E-state index is 9.67. The molecule has 0 amide bonds. The zero-order chi connectivity index (χ0) is 28.7. The second-order valence-corrected chi connectivity index (χ2v) is 11.9. The molecule has 0 N–H and O–H groups in total. The number of nitrogens with zero attached hydrogens (tertiary/aromatic N) is 4. The van der Waals surface area contributed by atoms with Gasteiger partial charge in [-0.2, -0.15) is 10.5 Å². The van der Waals surface area contributed by atoms with E-state index in [4.69, 9.17) is 0 Å². The van der Waals surface area contributed by atoms with Gasteiger partial charge in [0.2, 0.25) is 0 Å². The molecule has 5 heteroatoms. The molecule has 4 nitrogen and oxygen atoms in total. The highest BCUT2D eigenvalue weighted by Crippen LogP contribution is 2.40. The molecule has 3 aromatic heterocycles. The van der Waals surface area contributed by atoms with E-state index >= 15 is 0 Å². The Hall–Kier alpha value is -5.88. The normalized spacial score (nSPS) is 11.7. The number of aromatic nitrogens is 2. The third-order valence-electron chi connectivity index (χ3n) is 8.58. The van der Waals surface area contributed by atoms with E-state index in [1.165, 1.54) is 15.5 Å². The van der Waals surface area contributed by atoms with Gasteiger partial charge in [-0.1, -0.05) is 54.6 Å². The number of nitriles is 2. The van der Waals surface area contributed by atoms with Gasteiger partial charge in [0.1, 0.15) is 6.07 Å². The van der Waals surface area contributed by atoms with Crippen LogP contribution >= 0.6 is 11.3 Å². The fourth-order valence-corrected chi connectivity index (χ4v) is 7.86. The molecule has 0 fully saturated rings. The van der Waals surface area contributed by atoms with Crippen LogP contribution in [0.5, 0.6) is 0 Å². The van der Waals surface area contributed by atoms with Crippen molar-refractivity contribution >= 4 is 75.1 Å². The van der Waals surface area contributed by atoms with Crippen LogP contribution in [0.4, 0.5) is 0 Å². The molecule has 3 heterocycles. The van der Waals surface area contributed by atoms with Crippen LogP contribution in [0.25, 0.3) is 75.2 Å². The van der Waals surface area contributed by atoms with Crippen molar-refractivity contribution in [3.8, 4) is 23.5 Å². The topological polar surface area (TPSA) is 57.4 Å². The molecule has 43 heavy (non-hydrogen) atoms. The monoisotopic (exact) mass is 564 g/mol. The Labute approximate surface area is 250 Å². The van der Waals surface area contributed by atoms with Crippen LogP contribution in [0.3, 0.4) is 0 Å². The molecule has 0 aliphatic carbocycles. The molecule has 0 atom stereocenters. The fraction of sp³-hybridized carbons (Fsp3) is 0. The predicted octanol–water partition coefficient (Wildman–Crippen LogP) is 9.99. The molecule has 0 radical (unpaired) electrons. The lowest BCUT2D eigenvalue weighted by Gasteiger charge is -2.11. The van der Waals surface area contributed by atoms with E-state index < -0.39 is 0 Å². The lowest BCUT2D eigenvalue weighted by molar-refractivity contribution is 1.17. The molecule has 9 aromatic rings. The molecule has 6 aromatic carbocycles. The van der Waals surface area contributed by atoms with E-state index in [-0.39, 0.29) is 0 Å². The van der Waals surface area contributed by atoms with Crippen LogP contribution in [-0.2, 0) is 0 Å². The van der Waals surface area contributed by atoms with Crippen molar-refractivity contribution in [1.82, 2.24) is 9.13 Å². The first-order chi connectivity index (χ1) is 21.2. The molecular formula is C38H20N4S. The van der Waals surface area contributed by atoms with Crippen molar-refractivity contribution in [3.63, 3.8) is 0 Å². The largest absolute Gasteiger partial charge is 0.309 e. The van der Waals surface area contributed by atoms with Crippen molar-refractivity contribution in [1.29, 1.82) is 10.5 Å². The van der Waals surface area contributed by atoms with E-state index in [0.717, 1.165) is 65.2 Å². The van der Waals surface area contributed by atoms with Crippen LogP contribution in [0.15, 0.2) is 121 Å². The van der Waals surface area contributed by atoms with Gasteiger partial charge >= 0.3 is 0 Å². The summed E-state index contributed by atoms with van der Waals surface area (Å²) in [7, 11) is 0. The van der Waals surface area contributed by atoms with Crippen molar-refractivity contribution in [3.05, 3.63) is 132 Å². The summed E-state index contributed by atoms with van der Waals surface area (Å²) in [5.41, 5.74) is 7.91. The quantitative estimate of drug-likeness (QED) is 0.210. The summed E-state index contributed by atoms with van der Waals surface area (Å²) in [5.74, 6) is 0. The van der Waals surface area contributed by atoms with Gasteiger partial charge in [-0.3, -0.25) is 0 Å². The minimum absolute atomic E-state index is 0.646.